The number of nitrogens with one attached hydrogen (secondary N) is 1. The molecule has 1 N–H and O–H groups in total. The number of hydrogen-bond acceptors (Lipinski definition) is 1. The third-order valence-corrected chi connectivity index (χ3v) is 3.80. The van der Waals surface area contributed by atoms with Gasteiger partial charge in [0, 0.05) is 10.9 Å². The van der Waals surface area contributed by atoms with E-state index < -0.39 is 0 Å². The Bertz CT molecular complexity index is 399. The average Bonchev–Trinajstić information content (AvgIpc) is 2.82. The Morgan fingerprint density at radius 1 is 1.35 bits per heavy atom. The Balaban J connectivity index is 1.99. The van der Waals surface area contributed by atoms with Crippen LogP contribution in [0.25, 0.3) is 0 Å². The van der Waals surface area contributed by atoms with Crippen LogP contribution in [-0.2, 0) is 4.79 Å². The van der Waals surface area contributed by atoms with Crippen molar-refractivity contribution in [2.75, 3.05) is 0 Å². The van der Waals surface area contributed by atoms with E-state index >= 15 is 0 Å². The van der Waals surface area contributed by atoms with Crippen LogP contribution in [-0.4, -0.2) is 5.91 Å². The Labute approximate surface area is 107 Å². The highest BCUT2D eigenvalue weighted by molar-refractivity contribution is 6.31. The van der Waals surface area contributed by atoms with Gasteiger partial charge in [-0.2, -0.15) is 0 Å². The van der Waals surface area contributed by atoms with Gasteiger partial charge in [0.25, 0.3) is 0 Å². The van der Waals surface area contributed by atoms with E-state index in [-0.39, 0.29) is 17.9 Å². The summed E-state index contributed by atoms with van der Waals surface area (Å²) >= 11 is 6.11. The fraction of sp³-hybridized carbons (Fsp3) is 0.500. The molecule has 1 aliphatic rings. The maximum absolute atomic E-state index is 12.0. The molecule has 0 spiro atoms. The van der Waals surface area contributed by atoms with Gasteiger partial charge in [0.05, 0.1) is 6.04 Å². The van der Waals surface area contributed by atoms with E-state index in [0.29, 0.717) is 5.02 Å². The van der Waals surface area contributed by atoms with Crippen LogP contribution in [0.1, 0.15) is 44.2 Å². The first-order valence-electron chi connectivity index (χ1n) is 6.23. The molecule has 2 rings (SSSR count). The normalized spacial score (nSPS) is 18.0. The number of halogens is 1. The lowest BCUT2D eigenvalue weighted by Crippen LogP contribution is -2.31. The molecule has 1 saturated carbocycles. The van der Waals surface area contributed by atoms with Crippen LogP contribution >= 0.6 is 11.6 Å². The number of rotatable bonds is 3. The fourth-order valence-electron chi connectivity index (χ4n) is 2.42. The lowest BCUT2D eigenvalue weighted by atomic mass is 10.0. The van der Waals surface area contributed by atoms with Crippen molar-refractivity contribution >= 4 is 17.5 Å². The van der Waals surface area contributed by atoms with Crippen LogP contribution in [0, 0.1) is 5.92 Å². The quantitative estimate of drug-likeness (QED) is 0.872. The van der Waals surface area contributed by atoms with Crippen LogP contribution < -0.4 is 5.32 Å². The second kappa shape index (κ2) is 5.54. The highest BCUT2D eigenvalue weighted by Gasteiger charge is 2.24. The molecule has 0 saturated heterocycles. The molecule has 3 heteroatoms. The molecule has 1 aromatic carbocycles. The number of carbonyl (C=O) groups excluding carboxylic acids is 1. The van der Waals surface area contributed by atoms with Gasteiger partial charge in [-0.3, -0.25) is 4.79 Å². The van der Waals surface area contributed by atoms with E-state index in [2.05, 4.69) is 5.32 Å². The third kappa shape index (κ3) is 3.01. The first kappa shape index (κ1) is 12.4. The minimum Gasteiger partial charge on any atom is -0.349 e. The second-order valence-electron chi connectivity index (χ2n) is 4.73. The number of hydrogen-bond donors (Lipinski definition) is 1. The summed E-state index contributed by atoms with van der Waals surface area (Å²) in [7, 11) is 0. The maximum atomic E-state index is 12.0. The zero-order chi connectivity index (χ0) is 12.3. The zero-order valence-electron chi connectivity index (χ0n) is 10.1. The molecule has 17 heavy (non-hydrogen) atoms. The molecular weight excluding hydrogens is 234 g/mol. The first-order chi connectivity index (χ1) is 8.18. The average molecular weight is 252 g/mol. The van der Waals surface area contributed by atoms with Crippen molar-refractivity contribution in [1.29, 1.82) is 0 Å². The van der Waals surface area contributed by atoms with Gasteiger partial charge in [-0.25, -0.2) is 0 Å². The number of benzene rings is 1. The molecule has 1 fully saturated rings. The molecule has 0 aliphatic heterocycles. The van der Waals surface area contributed by atoms with Gasteiger partial charge >= 0.3 is 0 Å². The summed E-state index contributed by atoms with van der Waals surface area (Å²) in [5, 5.41) is 3.77. The van der Waals surface area contributed by atoms with E-state index in [9.17, 15) is 4.79 Å². The van der Waals surface area contributed by atoms with Crippen LogP contribution in [0.4, 0.5) is 0 Å². The lowest BCUT2D eigenvalue weighted by molar-refractivity contribution is -0.125. The minimum atomic E-state index is -0.0169. The van der Waals surface area contributed by atoms with E-state index in [1.807, 2.05) is 31.2 Å². The summed E-state index contributed by atoms with van der Waals surface area (Å²) in [6, 6.07) is 7.64. The Morgan fingerprint density at radius 2 is 2.00 bits per heavy atom. The van der Waals surface area contributed by atoms with Crippen LogP contribution in [0.5, 0.6) is 0 Å². The molecule has 1 aliphatic carbocycles. The van der Waals surface area contributed by atoms with Crippen LogP contribution in [0.2, 0.25) is 5.02 Å². The van der Waals surface area contributed by atoms with Gasteiger partial charge < -0.3 is 5.32 Å². The first-order valence-corrected chi connectivity index (χ1v) is 6.61. The number of amides is 1. The molecule has 0 heterocycles. The fourth-order valence-corrected chi connectivity index (χ4v) is 2.72. The second-order valence-corrected chi connectivity index (χ2v) is 5.14. The van der Waals surface area contributed by atoms with E-state index in [1.165, 1.54) is 12.8 Å². The molecule has 1 amide bonds. The van der Waals surface area contributed by atoms with E-state index in [4.69, 9.17) is 11.6 Å². The summed E-state index contributed by atoms with van der Waals surface area (Å²) in [6.45, 7) is 1.98. The molecular formula is C14H18ClNO. The van der Waals surface area contributed by atoms with Gasteiger partial charge in [0.15, 0.2) is 0 Å². The van der Waals surface area contributed by atoms with E-state index in [1.54, 1.807) is 0 Å². The third-order valence-electron chi connectivity index (χ3n) is 3.46. The molecule has 1 unspecified atom stereocenters. The molecule has 1 atom stereocenters. The summed E-state index contributed by atoms with van der Waals surface area (Å²) < 4.78 is 0. The van der Waals surface area contributed by atoms with Crippen molar-refractivity contribution in [1.82, 2.24) is 5.32 Å². The van der Waals surface area contributed by atoms with Gasteiger partial charge in [-0.15, -0.1) is 0 Å². The van der Waals surface area contributed by atoms with Crippen molar-refractivity contribution < 1.29 is 4.79 Å². The molecule has 1 aromatic rings. The van der Waals surface area contributed by atoms with Crippen molar-refractivity contribution in [2.45, 2.75) is 38.6 Å². The summed E-state index contributed by atoms with van der Waals surface area (Å²) in [5.74, 6) is 0.384. The minimum absolute atomic E-state index is 0.0169. The standard InChI is InChI=1S/C14H18ClNO/c1-10(12-8-4-5-9-13(12)15)16-14(17)11-6-2-3-7-11/h4-5,8-11H,2-3,6-7H2,1H3,(H,16,17). The number of carbonyl (C=O) groups is 1. The summed E-state index contributed by atoms with van der Waals surface area (Å²) in [5.41, 5.74) is 0.987. The highest BCUT2D eigenvalue weighted by Crippen LogP contribution is 2.27. The smallest absolute Gasteiger partial charge is 0.223 e. The van der Waals surface area contributed by atoms with E-state index in [0.717, 1.165) is 18.4 Å². The largest absolute Gasteiger partial charge is 0.349 e. The SMILES string of the molecule is CC(NC(=O)C1CCCC1)c1ccccc1Cl. The van der Waals surface area contributed by atoms with Crippen molar-refractivity contribution in [2.24, 2.45) is 5.92 Å². The zero-order valence-corrected chi connectivity index (χ0v) is 10.8. The van der Waals surface area contributed by atoms with Gasteiger partial charge in [0.2, 0.25) is 5.91 Å². The Morgan fingerprint density at radius 3 is 2.65 bits per heavy atom. The van der Waals surface area contributed by atoms with Crippen molar-refractivity contribution in [3.8, 4) is 0 Å². The van der Waals surface area contributed by atoms with Crippen LogP contribution in [0.15, 0.2) is 24.3 Å². The summed E-state index contributed by atoms with van der Waals surface area (Å²) in [4.78, 5) is 12.0. The van der Waals surface area contributed by atoms with Crippen LogP contribution in [0.3, 0.4) is 0 Å². The predicted molar refractivity (Wildman–Crippen MR) is 70.0 cm³/mol. The van der Waals surface area contributed by atoms with Crippen molar-refractivity contribution in [3.05, 3.63) is 34.9 Å². The van der Waals surface area contributed by atoms with Gasteiger partial charge in [-0.1, -0.05) is 42.6 Å². The molecule has 2 nitrogen and oxygen atoms in total. The highest BCUT2D eigenvalue weighted by atomic mass is 35.5. The van der Waals surface area contributed by atoms with Gasteiger partial charge in [0.1, 0.15) is 0 Å². The maximum Gasteiger partial charge on any atom is 0.223 e. The topological polar surface area (TPSA) is 29.1 Å². The Hall–Kier alpha value is -1.02. The monoisotopic (exact) mass is 251 g/mol. The summed E-state index contributed by atoms with van der Waals surface area (Å²) in [6.07, 6.45) is 4.42. The predicted octanol–water partition coefficient (Wildman–Crippen LogP) is 3.71. The van der Waals surface area contributed by atoms with Gasteiger partial charge in [-0.05, 0) is 31.4 Å². The molecule has 0 bridgehead atoms. The van der Waals surface area contributed by atoms with Crippen molar-refractivity contribution in [3.63, 3.8) is 0 Å². The Kier molecular flexibility index (Phi) is 4.06. The lowest BCUT2D eigenvalue weighted by Gasteiger charge is -2.18. The molecule has 92 valence electrons. The molecule has 0 radical (unpaired) electrons. The molecule has 0 aromatic heterocycles.